The van der Waals surface area contributed by atoms with Crippen LogP contribution >= 0.6 is 0 Å². The zero-order valence-corrected chi connectivity index (χ0v) is 9.79. The molecule has 1 saturated heterocycles. The third-order valence-corrected chi connectivity index (χ3v) is 4.51. The minimum atomic E-state index is -2.95. The van der Waals surface area contributed by atoms with Crippen LogP contribution in [0.5, 0.6) is 0 Å². The van der Waals surface area contributed by atoms with Gasteiger partial charge in [-0.2, -0.15) is 0 Å². The topological polar surface area (TPSA) is 80.5 Å². The molecule has 1 atom stereocenters. The molecule has 0 radical (unpaired) electrons. The van der Waals surface area contributed by atoms with Crippen LogP contribution in [-0.4, -0.2) is 49.9 Å². The van der Waals surface area contributed by atoms with Crippen LogP contribution in [0.15, 0.2) is 0 Å². The Balaban J connectivity index is 2.48. The zero-order valence-electron chi connectivity index (χ0n) is 8.98. The summed E-state index contributed by atoms with van der Waals surface area (Å²) < 4.78 is 22.6. The van der Waals surface area contributed by atoms with Gasteiger partial charge in [0.2, 0.25) is 5.91 Å². The number of carbonyl (C=O) groups is 1. The Labute approximate surface area is 90.5 Å². The minimum absolute atomic E-state index is 0.118. The van der Waals surface area contributed by atoms with Crippen molar-refractivity contribution in [2.45, 2.75) is 25.8 Å². The Bertz CT molecular complexity index is 326. The standard InChI is InChI=1S/C9H18N2O3S/c1-2-15(13,14)7-6-11-5-3-4-8(11)9(10)12/h8H,2-7H2,1H3,(H2,10,12)/t8-/m1/s1. The summed E-state index contributed by atoms with van der Waals surface area (Å²) in [7, 11) is -2.95. The predicted octanol–water partition coefficient (Wildman–Crippen LogP) is -0.629. The summed E-state index contributed by atoms with van der Waals surface area (Å²) in [5.41, 5.74) is 5.23. The van der Waals surface area contributed by atoms with Crippen LogP contribution in [-0.2, 0) is 14.6 Å². The first-order chi connectivity index (χ1) is 6.96. The van der Waals surface area contributed by atoms with Crippen molar-refractivity contribution >= 4 is 15.7 Å². The van der Waals surface area contributed by atoms with Gasteiger partial charge in [-0.25, -0.2) is 8.42 Å². The molecule has 0 spiro atoms. The van der Waals surface area contributed by atoms with E-state index in [0.717, 1.165) is 19.4 Å². The second-order valence-corrected chi connectivity index (χ2v) is 6.31. The molecule has 15 heavy (non-hydrogen) atoms. The van der Waals surface area contributed by atoms with E-state index >= 15 is 0 Å². The molecule has 1 rings (SSSR count). The van der Waals surface area contributed by atoms with E-state index in [1.54, 1.807) is 6.92 Å². The fraction of sp³-hybridized carbons (Fsp3) is 0.889. The van der Waals surface area contributed by atoms with Crippen LogP contribution in [0.25, 0.3) is 0 Å². The number of nitrogens with zero attached hydrogens (tertiary/aromatic N) is 1. The van der Waals surface area contributed by atoms with Crippen LogP contribution in [0, 0.1) is 0 Å². The molecule has 6 heteroatoms. The zero-order chi connectivity index (χ0) is 11.5. The van der Waals surface area contributed by atoms with Gasteiger partial charge < -0.3 is 5.73 Å². The van der Waals surface area contributed by atoms with E-state index in [-0.39, 0.29) is 23.5 Å². The summed E-state index contributed by atoms with van der Waals surface area (Å²) in [5.74, 6) is -0.0728. The lowest BCUT2D eigenvalue weighted by molar-refractivity contribution is -0.122. The summed E-state index contributed by atoms with van der Waals surface area (Å²) in [5, 5.41) is 0. The van der Waals surface area contributed by atoms with Gasteiger partial charge in [0.25, 0.3) is 0 Å². The fourth-order valence-corrected chi connectivity index (χ4v) is 2.62. The maximum Gasteiger partial charge on any atom is 0.234 e. The molecule has 0 unspecified atom stereocenters. The first-order valence-electron chi connectivity index (χ1n) is 5.20. The molecule has 88 valence electrons. The number of hydrogen-bond acceptors (Lipinski definition) is 4. The lowest BCUT2D eigenvalue weighted by atomic mass is 10.2. The predicted molar refractivity (Wildman–Crippen MR) is 58.1 cm³/mol. The minimum Gasteiger partial charge on any atom is -0.368 e. The quantitative estimate of drug-likeness (QED) is 0.687. The van der Waals surface area contributed by atoms with Gasteiger partial charge in [0, 0.05) is 12.3 Å². The lowest BCUT2D eigenvalue weighted by Crippen LogP contribution is -2.42. The number of primary amides is 1. The van der Waals surface area contributed by atoms with Gasteiger partial charge in [-0.1, -0.05) is 6.92 Å². The highest BCUT2D eigenvalue weighted by atomic mass is 32.2. The van der Waals surface area contributed by atoms with Gasteiger partial charge in [0.05, 0.1) is 11.8 Å². The van der Waals surface area contributed by atoms with Gasteiger partial charge in [-0.05, 0) is 19.4 Å². The van der Waals surface area contributed by atoms with Gasteiger partial charge in [0.1, 0.15) is 0 Å². The van der Waals surface area contributed by atoms with Crippen LogP contribution < -0.4 is 5.73 Å². The van der Waals surface area contributed by atoms with Gasteiger partial charge in [-0.3, -0.25) is 9.69 Å². The van der Waals surface area contributed by atoms with Crippen molar-refractivity contribution in [1.29, 1.82) is 0 Å². The molecule has 0 aromatic heterocycles. The molecule has 5 nitrogen and oxygen atoms in total. The molecule has 0 aromatic carbocycles. The summed E-state index contributed by atoms with van der Waals surface area (Å²) >= 11 is 0. The number of sulfone groups is 1. The van der Waals surface area contributed by atoms with E-state index in [9.17, 15) is 13.2 Å². The summed E-state index contributed by atoms with van der Waals surface area (Å²) in [4.78, 5) is 12.9. The number of nitrogens with two attached hydrogens (primary N) is 1. The number of carbonyl (C=O) groups excluding carboxylic acids is 1. The monoisotopic (exact) mass is 234 g/mol. The van der Waals surface area contributed by atoms with Crippen molar-refractivity contribution in [2.24, 2.45) is 5.73 Å². The summed E-state index contributed by atoms with van der Waals surface area (Å²) in [6.07, 6.45) is 1.67. The first kappa shape index (κ1) is 12.4. The van der Waals surface area contributed by atoms with Crippen molar-refractivity contribution in [2.75, 3.05) is 24.6 Å². The molecule has 1 amide bonds. The fourth-order valence-electron chi connectivity index (χ4n) is 1.82. The van der Waals surface area contributed by atoms with E-state index in [4.69, 9.17) is 5.73 Å². The maximum atomic E-state index is 11.3. The molecule has 1 heterocycles. The average Bonchev–Trinajstić information content (AvgIpc) is 2.63. The Morgan fingerprint density at radius 1 is 1.53 bits per heavy atom. The summed E-state index contributed by atoms with van der Waals surface area (Å²) in [6.45, 7) is 2.82. The molecule has 1 aliphatic rings. The highest BCUT2D eigenvalue weighted by Gasteiger charge is 2.29. The molecule has 0 bridgehead atoms. The number of amides is 1. The summed E-state index contributed by atoms with van der Waals surface area (Å²) in [6, 6.07) is -0.267. The van der Waals surface area contributed by atoms with E-state index in [1.807, 2.05) is 4.90 Å². The number of likely N-dealkylation sites (tertiary alicyclic amines) is 1. The second-order valence-electron chi connectivity index (χ2n) is 3.83. The maximum absolute atomic E-state index is 11.3. The van der Waals surface area contributed by atoms with Gasteiger partial charge in [-0.15, -0.1) is 0 Å². The smallest absolute Gasteiger partial charge is 0.234 e. The molecule has 0 aromatic rings. The molecule has 2 N–H and O–H groups in total. The normalized spacial score (nSPS) is 23.1. The van der Waals surface area contributed by atoms with Gasteiger partial charge in [0.15, 0.2) is 9.84 Å². The SMILES string of the molecule is CCS(=O)(=O)CCN1CCC[C@@H]1C(N)=O. The largest absolute Gasteiger partial charge is 0.368 e. The third-order valence-electron chi connectivity index (χ3n) is 2.82. The lowest BCUT2D eigenvalue weighted by Gasteiger charge is -2.21. The van der Waals surface area contributed by atoms with Crippen molar-refractivity contribution in [3.05, 3.63) is 0 Å². The Morgan fingerprint density at radius 3 is 2.73 bits per heavy atom. The van der Waals surface area contributed by atoms with Crippen molar-refractivity contribution in [3.8, 4) is 0 Å². The van der Waals surface area contributed by atoms with Crippen molar-refractivity contribution < 1.29 is 13.2 Å². The molecule has 1 fully saturated rings. The highest BCUT2D eigenvalue weighted by molar-refractivity contribution is 7.91. The second kappa shape index (κ2) is 4.94. The van der Waals surface area contributed by atoms with Gasteiger partial charge >= 0.3 is 0 Å². The third kappa shape index (κ3) is 3.46. The Morgan fingerprint density at radius 2 is 2.20 bits per heavy atom. The van der Waals surface area contributed by atoms with Crippen LogP contribution in [0.3, 0.4) is 0 Å². The molecule has 1 aliphatic heterocycles. The Kier molecular flexibility index (Phi) is 4.10. The molecular weight excluding hydrogens is 216 g/mol. The molecular formula is C9H18N2O3S. The average molecular weight is 234 g/mol. The highest BCUT2D eigenvalue weighted by Crippen LogP contribution is 2.16. The first-order valence-corrected chi connectivity index (χ1v) is 7.02. The van der Waals surface area contributed by atoms with Crippen LogP contribution in [0.1, 0.15) is 19.8 Å². The van der Waals surface area contributed by atoms with E-state index in [1.165, 1.54) is 0 Å². The van der Waals surface area contributed by atoms with Crippen molar-refractivity contribution in [3.63, 3.8) is 0 Å². The number of rotatable bonds is 5. The van der Waals surface area contributed by atoms with E-state index in [0.29, 0.717) is 6.54 Å². The van der Waals surface area contributed by atoms with Crippen LogP contribution in [0.4, 0.5) is 0 Å². The van der Waals surface area contributed by atoms with Crippen LogP contribution in [0.2, 0.25) is 0 Å². The number of hydrogen-bond donors (Lipinski definition) is 1. The van der Waals surface area contributed by atoms with E-state index in [2.05, 4.69) is 0 Å². The Hall–Kier alpha value is -0.620. The molecule has 0 aliphatic carbocycles. The van der Waals surface area contributed by atoms with Crippen molar-refractivity contribution in [1.82, 2.24) is 4.90 Å². The molecule has 0 saturated carbocycles. The van der Waals surface area contributed by atoms with E-state index < -0.39 is 9.84 Å².